The summed E-state index contributed by atoms with van der Waals surface area (Å²) < 4.78 is 87.1. The Morgan fingerprint density at radius 2 is 1.82 bits per heavy atom. The van der Waals surface area contributed by atoms with E-state index in [1.165, 1.54) is 18.4 Å². The van der Waals surface area contributed by atoms with Crippen LogP contribution >= 0.6 is 0 Å². The van der Waals surface area contributed by atoms with Crippen molar-refractivity contribution in [1.82, 2.24) is 14.8 Å². The predicted molar refractivity (Wildman–Crippen MR) is 105 cm³/mol. The summed E-state index contributed by atoms with van der Waals surface area (Å²) in [5.41, 5.74) is -3.55. The van der Waals surface area contributed by atoms with Crippen LogP contribution in [0.3, 0.4) is 0 Å². The number of para-hydroxylation sites is 1. The molecule has 3 aromatic heterocycles. The van der Waals surface area contributed by atoms with E-state index in [0.717, 1.165) is 24.0 Å². The molecule has 1 N–H and O–H groups in total. The summed E-state index contributed by atoms with van der Waals surface area (Å²) in [6.07, 6.45) is -7.62. The Labute approximate surface area is 181 Å². The zero-order chi connectivity index (χ0) is 24.1. The van der Waals surface area contributed by atoms with E-state index >= 15 is 0 Å². The van der Waals surface area contributed by atoms with Crippen LogP contribution in [0.5, 0.6) is 0 Å². The maximum Gasteiger partial charge on any atom is 0.433 e. The van der Waals surface area contributed by atoms with Gasteiger partial charge in [0, 0.05) is 29.9 Å². The lowest BCUT2D eigenvalue weighted by Crippen LogP contribution is -2.21. The Bertz CT molecular complexity index is 1370. The molecule has 33 heavy (non-hydrogen) atoms. The molecule has 0 atom stereocenters. The van der Waals surface area contributed by atoms with Crippen molar-refractivity contribution in [1.29, 1.82) is 0 Å². The average Bonchev–Trinajstić information content (AvgIpc) is 3.27. The number of fused-ring (bicyclic) bond motifs is 1. The number of carbonyl (C=O) groups excluding carboxylic acids is 1. The third kappa shape index (κ3) is 4.03. The maximum absolute atomic E-state index is 14.1. The highest BCUT2D eigenvalue weighted by atomic mass is 19.4. The highest BCUT2D eigenvalue weighted by molar-refractivity contribution is 6.06. The summed E-state index contributed by atoms with van der Waals surface area (Å²) in [5, 5.41) is 6.55. The summed E-state index contributed by atoms with van der Waals surface area (Å²) >= 11 is 0. The lowest BCUT2D eigenvalue weighted by atomic mass is 10.0. The van der Waals surface area contributed by atoms with Gasteiger partial charge >= 0.3 is 12.4 Å². The average molecular weight is 468 g/mol. The van der Waals surface area contributed by atoms with Crippen LogP contribution in [0.15, 0.2) is 47.2 Å². The Hall–Kier alpha value is -3.83. The molecule has 172 valence electrons. The summed E-state index contributed by atoms with van der Waals surface area (Å²) in [6, 6.07) is 6.13. The number of aromatic nitrogens is 3. The first-order chi connectivity index (χ1) is 15.4. The van der Waals surface area contributed by atoms with Gasteiger partial charge in [0.15, 0.2) is 0 Å². The SMILES string of the molecule is Cc1coc2c(-c3nn(C)c(C(=O)Nc4ccnc(C(F)(F)F)c4)c3C(F)(F)F)cccc12. The van der Waals surface area contributed by atoms with Gasteiger partial charge in [-0.05, 0) is 30.7 Å². The normalized spacial score (nSPS) is 12.4. The smallest absolute Gasteiger partial charge is 0.433 e. The highest BCUT2D eigenvalue weighted by Gasteiger charge is 2.43. The summed E-state index contributed by atoms with van der Waals surface area (Å²) in [6.45, 7) is 1.72. The van der Waals surface area contributed by atoms with E-state index in [0.29, 0.717) is 17.0 Å². The quantitative estimate of drug-likeness (QED) is 0.384. The van der Waals surface area contributed by atoms with Gasteiger partial charge in [-0.15, -0.1) is 0 Å². The van der Waals surface area contributed by atoms with Crippen molar-refractivity contribution in [3.8, 4) is 11.3 Å². The van der Waals surface area contributed by atoms with Gasteiger partial charge in [0.1, 0.15) is 28.2 Å². The second-order valence-electron chi connectivity index (χ2n) is 7.18. The Kier molecular flexibility index (Phi) is 5.18. The van der Waals surface area contributed by atoms with E-state index in [-0.39, 0.29) is 16.8 Å². The first-order valence-corrected chi connectivity index (χ1v) is 9.34. The predicted octanol–water partition coefficient (Wildman–Crippen LogP) is 5.83. The molecule has 0 aliphatic carbocycles. The van der Waals surface area contributed by atoms with Gasteiger partial charge in [0.25, 0.3) is 5.91 Å². The Morgan fingerprint density at radius 1 is 1.09 bits per heavy atom. The van der Waals surface area contributed by atoms with Crippen LogP contribution in [0.25, 0.3) is 22.2 Å². The number of pyridine rings is 1. The Morgan fingerprint density at radius 3 is 2.48 bits per heavy atom. The minimum atomic E-state index is -5.00. The number of anilines is 1. The fraction of sp³-hybridized carbons (Fsp3) is 0.190. The molecule has 0 spiro atoms. The molecule has 4 aromatic rings. The molecule has 3 heterocycles. The molecular weight excluding hydrogens is 454 g/mol. The van der Waals surface area contributed by atoms with Crippen molar-refractivity contribution in [2.24, 2.45) is 7.05 Å². The van der Waals surface area contributed by atoms with Crippen LogP contribution in [0.2, 0.25) is 0 Å². The molecule has 12 heteroatoms. The lowest BCUT2D eigenvalue weighted by Gasteiger charge is -2.12. The van der Waals surface area contributed by atoms with Gasteiger partial charge in [0.2, 0.25) is 0 Å². The van der Waals surface area contributed by atoms with Crippen LogP contribution < -0.4 is 5.32 Å². The molecule has 0 fully saturated rings. The van der Waals surface area contributed by atoms with E-state index in [1.807, 2.05) is 0 Å². The highest BCUT2D eigenvalue weighted by Crippen LogP contribution is 2.42. The van der Waals surface area contributed by atoms with E-state index in [1.54, 1.807) is 13.0 Å². The summed E-state index contributed by atoms with van der Waals surface area (Å²) in [4.78, 5) is 15.9. The number of benzene rings is 1. The number of aryl methyl sites for hydroxylation is 2. The fourth-order valence-electron chi connectivity index (χ4n) is 3.47. The molecule has 0 unspecified atom stereocenters. The van der Waals surface area contributed by atoms with Gasteiger partial charge < -0.3 is 9.73 Å². The van der Waals surface area contributed by atoms with E-state index in [2.05, 4.69) is 15.4 Å². The van der Waals surface area contributed by atoms with Crippen molar-refractivity contribution < 1.29 is 35.6 Å². The van der Waals surface area contributed by atoms with E-state index < -0.39 is 40.9 Å². The molecule has 1 aromatic carbocycles. The second kappa shape index (κ2) is 7.64. The maximum atomic E-state index is 14.1. The van der Waals surface area contributed by atoms with Gasteiger partial charge in [-0.3, -0.25) is 14.5 Å². The number of furan rings is 1. The van der Waals surface area contributed by atoms with Crippen molar-refractivity contribution in [3.63, 3.8) is 0 Å². The van der Waals surface area contributed by atoms with Crippen LogP contribution in [0, 0.1) is 6.92 Å². The number of hydrogen-bond donors (Lipinski definition) is 1. The number of carbonyl (C=O) groups is 1. The van der Waals surface area contributed by atoms with Crippen LogP contribution in [-0.4, -0.2) is 20.7 Å². The van der Waals surface area contributed by atoms with Gasteiger partial charge in [0.05, 0.1) is 6.26 Å². The molecule has 0 aliphatic rings. The number of nitrogens with zero attached hydrogens (tertiary/aromatic N) is 3. The van der Waals surface area contributed by atoms with Crippen LogP contribution in [0.4, 0.5) is 32.0 Å². The summed E-state index contributed by atoms with van der Waals surface area (Å²) in [7, 11) is 1.13. The number of halogens is 6. The molecular formula is C21H14F6N4O2. The zero-order valence-corrected chi connectivity index (χ0v) is 17.0. The monoisotopic (exact) mass is 468 g/mol. The fourth-order valence-corrected chi connectivity index (χ4v) is 3.47. The molecule has 0 radical (unpaired) electrons. The van der Waals surface area contributed by atoms with Crippen molar-refractivity contribution >= 4 is 22.6 Å². The van der Waals surface area contributed by atoms with Gasteiger partial charge in [-0.25, -0.2) is 0 Å². The number of nitrogens with one attached hydrogen (secondary N) is 1. The molecule has 6 nitrogen and oxygen atoms in total. The lowest BCUT2D eigenvalue weighted by molar-refractivity contribution is -0.141. The molecule has 0 saturated carbocycles. The van der Waals surface area contributed by atoms with Crippen LogP contribution in [-0.2, 0) is 19.4 Å². The topological polar surface area (TPSA) is 73.0 Å². The third-order valence-corrected chi connectivity index (χ3v) is 4.90. The molecule has 1 amide bonds. The first kappa shape index (κ1) is 22.4. The minimum absolute atomic E-state index is 0.0193. The number of hydrogen-bond acceptors (Lipinski definition) is 4. The molecule has 4 rings (SSSR count). The van der Waals surface area contributed by atoms with E-state index in [9.17, 15) is 31.1 Å². The standard InChI is InChI=1S/C21H14F6N4O2/c1-10-9-33-18-12(10)4-3-5-13(18)16-15(21(25,26)27)17(31(2)30-16)19(32)29-11-6-7-28-14(8-11)20(22,23)24/h3-9H,1-2H3,(H,28,29,32). The summed E-state index contributed by atoms with van der Waals surface area (Å²) in [5.74, 6) is -1.29. The first-order valence-electron chi connectivity index (χ1n) is 9.34. The van der Waals surface area contributed by atoms with Gasteiger partial charge in [-0.1, -0.05) is 12.1 Å². The molecule has 0 aliphatic heterocycles. The second-order valence-corrected chi connectivity index (χ2v) is 7.18. The number of amides is 1. The van der Waals surface area contributed by atoms with E-state index in [4.69, 9.17) is 4.42 Å². The molecule has 0 bridgehead atoms. The number of alkyl halides is 6. The minimum Gasteiger partial charge on any atom is -0.463 e. The zero-order valence-electron chi connectivity index (χ0n) is 17.0. The largest absolute Gasteiger partial charge is 0.463 e. The third-order valence-electron chi connectivity index (χ3n) is 4.90. The number of rotatable bonds is 3. The van der Waals surface area contributed by atoms with Crippen molar-refractivity contribution in [2.45, 2.75) is 19.3 Å². The van der Waals surface area contributed by atoms with Gasteiger partial charge in [-0.2, -0.15) is 31.4 Å². The van der Waals surface area contributed by atoms with Crippen molar-refractivity contribution in [3.05, 3.63) is 65.3 Å². The van der Waals surface area contributed by atoms with Crippen LogP contribution in [0.1, 0.15) is 27.3 Å². The Balaban J connectivity index is 1.83. The van der Waals surface area contributed by atoms with Crippen molar-refractivity contribution in [2.75, 3.05) is 5.32 Å². The molecule has 0 saturated heterocycles.